The number of aliphatic hydroxyl groups excluding tert-OH is 1. The lowest BCUT2D eigenvalue weighted by molar-refractivity contribution is -0.249. The van der Waals surface area contributed by atoms with Crippen molar-refractivity contribution in [2.45, 2.75) is 144 Å². The molecule has 0 bridgehead atoms. The molecule has 0 aromatic rings. The molecule has 0 aromatic heterocycles. The molecule has 0 radical (unpaired) electrons. The van der Waals surface area contributed by atoms with E-state index in [9.17, 15) is 9.90 Å². The summed E-state index contributed by atoms with van der Waals surface area (Å²) in [4.78, 5) is 17.1. The second kappa shape index (κ2) is 9.21. The van der Waals surface area contributed by atoms with E-state index in [2.05, 4.69) is 46.4 Å². The maximum absolute atomic E-state index is 14.8. The highest BCUT2D eigenvalue weighted by molar-refractivity contribution is 5.84. The first-order valence-corrected chi connectivity index (χ1v) is 17.8. The highest BCUT2D eigenvalue weighted by Crippen LogP contribution is 2.79. The summed E-state index contributed by atoms with van der Waals surface area (Å²) in [6.07, 6.45) is 17.0. The van der Waals surface area contributed by atoms with Crippen LogP contribution in [0.15, 0.2) is 0 Å². The van der Waals surface area contributed by atoms with Crippen molar-refractivity contribution in [3.63, 3.8) is 0 Å². The predicted octanol–water partition coefficient (Wildman–Crippen LogP) is 7.87. The van der Waals surface area contributed by atoms with E-state index in [1.807, 2.05) is 7.11 Å². The molecule has 10 unspecified atom stereocenters. The molecule has 1 saturated heterocycles. The summed E-state index contributed by atoms with van der Waals surface area (Å²) < 4.78 is 5.68. The Morgan fingerprint density at radius 2 is 1.41 bits per heavy atom. The molecule has 4 nitrogen and oxygen atoms in total. The van der Waals surface area contributed by atoms with Crippen molar-refractivity contribution in [3.8, 4) is 0 Å². The summed E-state index contributed by atoms with van der Waals surface area (Å²) >= 11 is 0. The number of hydrogen-bond acceptors (Lipinski definition) is 3. The lowest BCUT2D eigenvalue weighted by Gasteiger charge is -2.73. The van der Waals surface area contributed by atoms with E-state index >= 15 is 0 Å². The molecule has 0 aromatic carbocycles. The quantitative estimate of drug-likeness (QED) is 0.378. The number of carbonyl (C=O) groups excluding carboxylic acids is 1. The van der Waals surface area contributed by atoms with Crippen LogP contribution in [0, 0.1) is 62.1 Å². The summed E-state index contributed by atoms with van der Waals surface area (Å²) in [5, 5.41) is 11.1. The number of hydrogen-bond donors (Lipinski definition) is 1. The normalized spacial score (nSPS) is 52.1. The zero-order valence-electron chi connectivity index (χ0n) is 27.6. The molecular weight excluding hydrogens is 506 g/mol. The van der Waals surface area contributed by atoms with Crippen molar-refractivity contribution in [1.29, 1.82) is 0 Å². The topological polar surface area (TPSA) is 49.8 Å². The van der Waals surface area contributed by atoms with Crippen molar-refractivity contribution in [1.82, 2.24) is 4.90 Å². The third kappa shape index (κ3) is 3.74. The molecule has 232 valence electrons. The third-order valence-corrected chi connectivity index (χ3v) is 16.8. The van der Waals surface area contributed by atoms with Crippen LogP contribution in [0.4, 0.5) is 0 Å². The number of aliphatic hydroxyl groups is 1. The molecular formula is C37H61NO3. The van der Waals surface area contributed by atoms with E-state index in [-0.39, 0.29) is 16.9 Å². The standard InChI is InChI=1S/C37H61NO3/c1-32(2)27-11-16-36(6)28(34(27,4)15-12-29(32)39)9-8-26-30-25(33(3)18-19-33)10-17-37(30,21-20-35(26,36)5)31(40)38-22-13-24(41-7)14-23-38/h24-30,39H,8-23H2,1-7H3. The molecule has 1 heterocycles. The maximum atomic E-state index is 14.8. The van der Waals surface area contributed by atoms with E-state index < -0.39 is 0 Å². The Balaban J connectivity index is 1.24. The second-order valence-corrected chi connectivity index (χ2v) is 18.3. The zero-order valence-corrected chi connectivity index (χ0v) is 27.6. The van der Waals surface area contributed by atoms with E-state index in [0.717, 1.165) is 57.0 Å². The van der Waals surface area contributed by atoms with E-state index in [1.165, 1.54) is 57.8 Å². The smallest absolute Gasteiger partial charge is 0.229 e. The van der Waals surface area contributed by atoms with Gasteiger partial charge in [0.1, 0.15) is 0 Å². The van der Waals surface area contributed by atoms with Gasteiger partial charge in [0, 0.05) is 20.2 Å². The van der Waals surface area contributed by atoms with Crippen LogP contribution < -0.4 is 0 Å². The molecule has 6 saturated carbocycles. The summed E-state index contributed by atoms with van der Waals surface area (Å²) in [5.41, 5.74) is 1.30. The second-order valence-electron chi connectivity index (χ2n) is 18.3. The number of nitrogens with zero attached hydrogens (tertiary/aromatic N) is 1. The Hall–Kier alpha value is -0.610. The Bertz CT molecular complexity index is 1060. The average Bonchev–Trinajstić information content (AvgIpc) is 3.56. The molecule has 6 aliphatic carbocycles. The van der Waals surface area contributed by atoms with Gasteiger partial charge in [-0.15, -0.1) is 0 Å². The van der Waals surface area contributed by atoms with Crippen LogP contribution in [0.25, 0.3) is 0 Å². The number of ether oxygens (including phenoxy) is 1. The number of amides is 1. The van der Waals surface area contributed by atoms with Crippen molar-refractivity contribution < 1.29 is 14.6 Å². The van der Waals surface area contributed by atoms with Gasteiger partial charge in [-0.2, -0.15) is 0 Å². The van der Waals surface area contributed by atoms with Crippen LogP contribution in [0.1, 0.15) is 131 Å². The van der Waals surface area contributed by atoms with Crippen LogP contribution in [-0.2, 0) is 9.53 Å². The first-order valence-electron chi connectivity index (χ1n) is 17.8. The van der Waals surface area contributed by atoms with Gasteiger partial charge < -0.3 is 14.7 Å². The van der Waals surface area contributed by atoms with Gasteiger partial charge in [0.05, 0.1) is 17.6 Å². The van der Waals surface area contributed by atoms with Crippen LogP contribution in [0.3, 0.4) is 0 Å². The first kappa shape index (κ1) is 29.1. The number of carbonyl (C=O) groups is 1. The summed E-state index contributed by atoms with van der Waals surface area (Å²) in [6.45, 7) is 17.2. The number of piperidine rings is 1. The van der Waals surface area contributed by atoms with Gasteiger partial charge in [-0.1, -0.05) is 41.5 Å². The lowest BCUT2D eigenvalue weighted by Crippen LogP contribution is -2.67. The van der Waals surface area contributed by atoms with Crippen LogP contribution in [-0.4, -0.2) is 48.3 Å². The van der Waals surface area contributed by atoms with Crippen LogP contribution in [0.2, 0.25) is 0 Å². The summed E-state index contributed by atoms with van der Waals surface area (Å²) in [7, 11) is 1.83. The Labute approximate surface area is 251 Å². The van der Waals surface area contributed by atoms with Gasteiger partial charge in [0.2, 0.25) is 5.91 Å². The Kier molecular flexibility index (Phi) is 6.54. The fourth-order valence-corrected chi connectivity index (χ4v) is 13.9. The Morgan fingerprint density at radius 3 is 2.07 bits per heavy atom. The maximum Gasteiger partial charge on any atom is 0.229 e. The number of fused-ring (bicyclic) bond motifs is 7. The molecule has 7 fully saturated rings. The largest absolute Gasteiger partial charge is 0.393 e. The SMILES string of the molecule is COC1CCN(C(=O)C23CCC(C4(C)CC4)C2C2CCC4C5(C)CCC(O)C(C)(C)C5CCC4(C)C2(C)CC3)CC1. The van der Waals surface area contributed by atoms with Crippen LogP contribution in [0.5, 0.6) is 0 Å². The van der Waals surface area contributed by atoms with Crippen molar-refractivity contribution in [2.75, 3.05) is 20.2 Å². The van der Waals surface area contributed by atoms with Crippen molar-refractivity contribution >= 4 is 5.91 Å². The summed E-state index contributed by atoms with van der Waals surface area (Å²) in [5.74, 6) is 3.84. The molecule has 10 atom stereocenters. The van der Waals surface area contributed by atoms with Crippen molar-refractivity contribution in [3.05, 3.63) is 0 Å². The van der Waals surface area contributed by atoms with Gasteiger partial charge in [-0.25, -0.2) is 0 Å². The molecule has 4 heteroatoms. The van der Waals surface area contributed by atoms with Gasteiger partial charge in [-0.3, -0.25) is 4.79 Å². The predicted molar refractivity (Wildman–Crippen MR) is 164 cm³/mol. The highest BCUT2D eigenvalue weighted by atomic mass is 16.5. The van der Waals surface area contributed by atoms with E-state index in [4.69, 9.17) is 4.74 Å². The summed E-state index contributed by atoms with van der Waals surface area (Å²) in [6, 6.07) is 0. The molecule has 1 aliphatic heterocycles. The fraction of sp³-hybridized carbons (Fsp3) is 0.973. The fourth-order valence-electron chi connectivity index (χ4n) is 13.9. The molecule has 1 amide bonds. The highest BCUT2D eigenvalue weighted by Gasteiger charge is 2.73. The van der Waals surface area contributed by atoms with Crippen LogP contribution >= 0.6 is 0 Å². The zero-order chi connectivity index (χ0) is 29.2. The number of methoxy groups -OCH3 is 1. The molecule has 7 aliphatic rings. The lowest BCUT2D eigenvalue weighted by atomic mass is 9.32. The monoisotopic (exact) mass is 567 g/mol. The minimum absolute atomic E-state index is 0.00754. The van der Waals surface area contributed by atoms with E-state index in [0.29, 0.717) is 51.4 Å². The molecule has 7 rings (SSSR count). The molecule has 0 spiro atoms. The number of rotatable bonds is 3. The third-order valence-electron chi connectivity index (χ3n) is 16.8. The van der Waals surface area contributed by atoms with Gasteiger partial charge in [0.25, 0.3) is 0 Å². The van der Waals surface area contributed by atoms with E-state index in [1.54, 1.807) is 0 Å². The van der Waals surface area contributed by atoms with Gasteiger partial charge in [-0.05, 0) is 147 Å². The Morgan fingerprint density at radius 1 is 0.707 bits per heavy atom. The number of likely N-dealkylation sites (tertiary alicyclic amines) is 1. The van der Waals surface area contributed by atoms with Gasteiger partial charge in [0.15, 0.2) is 0 Å². The molecule has 41 heavy (non-hydrogen) atoms. The van der Waals surface area contributed by atoms with Crippen molar-refractivity contribution in [2.24, 2.45) is 62.1 Å². The first-order chi connectivity index (χ1) is 19.3. The minimum atomic E-state index is -0.161. The average molecular weight is 568 g/mol. The molecule has 1 N–H and O–H groups in total. The minimum Gasteiger partial charge on any atom is -0.393 e. The van der Waals surface area contributed by atoms with Gasteiger partial charge >= 0.3 is 0 Å².